The van der Waals surface area contributed by atoms with Crippen LogP contribution in [0, 0.1) is 11.7 Å². The van der Waals surface area contributed by atoms with Gasteiger partial charge in [-0.3, -0.25) is 9.59 Å². The lowest BCUT2D eigenvalue weighted by Gasteiger charge is -2.24. The van der Waals surface area contributed by atoms with Gasteiger partial charge in [0.05, 0.1) is 5.52 Å². The van der Waals surface area contributed by atoms with Crippen LogP contribution in [0.1, 0.15) is 25.0 Å². The van der Waals surface area contributed by atoms with Crippen molar-refractivity contribution in [2.45, 2.75) is 32.0 Å². The third-order valence-electron chi connectivity index (χ3n) is 4.48. The third-order valence-corrected chi connectivity index (χ3v) is 4.48. The Bertz CT molecular complexity index is 869. The minimum Gasteiger partial charge on any atom is -0.354 e. The summed E-state index contributed by atoms with van der Waals surface area (Å²) in [5.74, 6) is -1.21. The third kappa shape index (κ3) is 3.38. The van der Waals surface area contributed by atoms with Gasteiger partial charge in [-0.15, -0.1) is 0 Å². The highest BCUT2D eigenvalue weighted by atomic mass is 19.4. The van der Waals surface area contributed by atoms with Crippen molar-refractivity contribution < 1.29 is 22.4 Å². The first-order valence-electron chi connectivity index (χ1n) is 7.96. The van der Waals surface area contributed by atoms with Gasteiger partial charge in [0.15, 0.2) is 5.43 Å². The van der Waals surface area contributed by atoms with Gasteiger partial charge in [-0.05, 0) is 25.0 Å². The highest BCUT2D eigenvalue weighted by Gasteiger charge is 2.35. The van der Waals surface area contributed by atoms with E-state index >= 15 is 0 Å². The van der Waals surface area contributed by atoms with Gasteiger partial charge in [0.2, 0.25) is 5.91 Å². The molecule has 0 atom stereocenters. The fourth-order valence-electron chi connectivity index (χ4n) is 2.96. The Hall–Kier alpha value is -2.38. The molecule has 0 radical (unpaired) electrons. The van der Waals surface area contributed by atoms with Crippen LogP contribution in [0.5, 0.6) is 0 Å². The largest absolute Gasteiger partial charge is 0.431 e. The zero-order valence-electron chi connectivity index (χ0n) is 13.2. The first kappa shape index (κ1) is 17.4. The number of halogens is 4. The number of amides is 1. The maximum atomic E-state index is 14.2. The summed E-state index contributed by atoms with van der Waals surface area (Å²) in [6.07, 6.45) is -2.30. The molecule has 134 valence electrons. The number of carbonyl (C=O) groups excluding carboxylic acids is 1. The van der Waals surface area contributed by atoms with E-state index in [1.54, 1.807) is 0 Å². The van der Waals surface area contributed by atoms with Gasteiger partial charge in [0.1, 0.15) is 11.5 Å². The molecule has 1 aromatic carbocycles. The fraction of sp³-hybridized carbons (Fsp3) is 0.412. The zero-order chi connectivity index (χ0) is 18.2. The van der Waals surface area contributed by atoms with Crippen molar-refractivity contribution in [1.29, 1.82) is 0 Å². The van der Waals surface area contributed by atoms with Crippen LogP contribution in [0.25, 0.3) is 10.9 Å². The standard InChI is InChI=1S/C17H16F4N2O2/c18-12-6-2-5-11-13(24)9-14(17(19,20)21)23(15(11)12)8-7-22-16(25)10-3-1-4-10/h2,5-6,9-10H,1,3-4,7-8H2,(H,22,25). The van der Waals surface area contributed by atoms with Crippen LogP contribution >= 0.6 is 0 Å². The first-order valence-corrected chi connectivity index (χ1v) is 7.96. The van der Waals surface area contributed by atoms with E-state index in [4.69, 9.17) is 0 Å². The van der Waals surface area contributed by atoms with Crippen molar-refractivity contribution in [3.8, 4) is 0 Å². The summed E-state index contributed by atoms with van der Waals surface area (Å²) in [7, 11) is 0. The number of rotatable bonds is 4. The number of aromatic nitrogens is 1. The number of nitrogens with zero attached hydrogens (tertiary/aromatic N) is 1. The van der Waals surface area contributed by atoms with Crippen LogP contribution in [0.2, 0.25) is 0 Å². The number of nitrogens with one attached hydrogen (secondary N) is 1. The molecule has 8 heteroatoms. The number of para-hydroxylation sites is 1. The lowest BCUT2D eigenvalue weighted by molar-refractivity contribution is -0.143. The molecule has 0 unspecified atom stereocenters. The Balaban J connectivity index is 1.97. The topological polar surface area (TPSA) is 51.1 Å². The van der Waals surface area contributed by atoms with Crippen LogP contribution in [0.4, 0.5) is 17.6 Å². The molecule has 1 amide bonds. The Labute approximate surface area is 140 Å². The van der Waals surface area contributed by atoms with Gasteiger partial charge in [0.25, 0.3) is 0 Å². The molecule has 1 N–H and O–H groups in total. The Morgan fingerprint density at radius 1 is 1.28 bits per heavy atom. The molecule has 0 bridgehead atoms. The molecule has 0 saturated heterocycles. The molecular weight excluding hydrogens is 340 g/mol. The van der Waals surface area contributed by atoms with E-state index in [2.05, 4.69) is 5.32 Å². The van der Waals surface area contributed by atoms with Crippen molar-refractivity contribution >= 4 is 16.8 Å². The molecule has 1 aliphatic rings. The van der Waals surface area contributed by atoms with Crippen LogP contribution < -0.4 is 10.7 Å². The molecule has 0 spiro atoms. The smallest absolute Gasteiger partial charge is 0.354 e. The number of hydrogen-bond acceptors (Lipinski definition) is 2. The minimum absolute atomic E-state index is 0.0787. The van der Waals surface area contributed by atoms with E-state index in [0.717, 1.165) is 25.3 Å². The average Bonchev–Trinajstić information content (AvgIpc) is 2.46. The maximum Gasteiger partial charge on any atom is 0.431 e. The molecule has 1 aromatic heterocycles. The second kappa shape index (κ2) is 6.50. The van der Waals surface area contributed by atoms with Gasteiger partial charge in [-0.2, -0.15) is 13.2 Å². The van der Waals surface area contributed by atoms with Gasteiger partial charge in [0, 0.05) is 30.5 Å². The van der Waals surface area contributed by atoms with Crippen LogP contribution in [0.15, 0.2) is 29.1 Å². The predicted molar refractivity (Wildman–Crippen MR) is 83.5 cm³/mol. The second-order valence-electron chi connectivity index (χ2n) is 6.10. The van der Waals surface area contributed by atoms with Crippen LogP contribution in [0.3, 0.4) is 0 Å². The molecule has 4 nitrogen and oxygen atoms in total. The fourth-order valence-corrected chi connectivity index (χ4v) is 2.96. The highest BCUT2D eigenvalue weighted by molar-refractivity contribution is 5.80. The summed E-state index contributed by atoms with van der Waals surface area (Å²) in [6, 6.07) is 4.03. The zero-order valence-corrected chi connectivity index (χ0v) is 13.2. The molecular formula is C17H16F4N2O2. The number of hydrogen-bond donors (Lipinski definition) is 1. The molecule has 1 saturated carbocycles. The normalized spacial score (nSPS) is 15.2. The maximum absolute atomic E-state index is 14.2. The molecule has 3 rings (SSSR count). The highest BCUT2D eigenvalue weighted by Crippen LogP contribution is 2.31. The quantitative estimate of drug-likeness (QED) is 0.856. The summed E-state index contributed by atoms with van der Waals surface area (Å²) in [5.41, 5.74) is -2.52. The van der Waals surface area contributed by atoms with E-state index < -0.39 is 28.6 Å². The van der Waals surface area contributed by atoms with E-state index in [1.807, 2.05) is 0 Å². The molecule has 0 aliphatic heterocycles. The first-order chi connectivity index (χ1) is 11.8. The van der Waals surface area contributed by atoms with Crippen molar-refractivity contribution in [2.75, 3.05) is 6.54 Å². The summed E-state index contributed by atoms with van der Waals surface area (Å²) >= 11 is 0. The van der Waals surface area contributed by atoms with Gasteiger partial charge in [-0.25, -0.2) is 4.39 Å². The van der Waals surface area contributed by atoms with E-state index in [0.29, 0.717) is 10.6 Å². The number of benzene rings is 1. The lowest BCUT2D eigenvalue weighted by Crippen LogP contribution is -2.37. The average molecular weight is 356 g/mol. The summed E-state index contributed by atoms with van der Waals surface area (Å²) in [5, 5.41) is 2.46. The predicted octanol–water partition coefficient (Wildman–Crippen LogP) is 3.08. The van der Waals surface area contributed by atoms with E-state index in [-0.39, 0.29) is 30.3 Å². The summed E-state index contributed by atoms with van der Waals surface area (Å²) < 4.78 is 54.8. The molecule has 2 aromatic rings. The Morgan fingerprint density at radius 3 is 2.60 bits per heavy atom. The van der Waals surface area contributed by atoms with Gasteiger partial charge < -0.3 is 9.88 Å². The van der Waals surface area contributed by atoms with Crippen molar-refractivity contribution in [3.63, 3.8) is 0 Å². The molecule has 1 heterocycles. The Kier molecular flexibility index (Phi) is 4.53. The number of pyridine rings is 1. The van der Waals surface area contributed by atoms with E-state index in [9.17, 15) is 27.2 Å². The molecule has 1 fully saturated rings. The van der Waals surface area contributed by atoms with Crippen LogP contribution in [-0.2, 0) is 17.5 Å². The van der Waals surface area contributed by atoms with E-state index in [1.165, 1.54) is 12.1 Å². The lowest BCUT2D eigenvalue weighted by atomic mass is 9.85. The van der Waals surface area contributed by atoms with Gasteiger partial charge >= 0.3 is 6.18 Å². The second-order valence-corrected chi connectivity index (χ2v) is 6.10. The monoisotopic (exact) mass is 356 g/mol. The van der Waals surface area contributed by atoms with Crippen LogP contribution in [-0.4, -0.2) is 17.0 Å². The summed E-state index contributed by atoms with van der Waals surface area (Å²) in [4.78, 5) is 23.7. The number of fused-ring (bicyclic) bond motifs is 1. The molecule has 25 heavy (non-hydrogen) atoms. The number of alkyl halides is 3. The van der Waals surface area contributed by atoms with Gasteiger partial charge in [-0.1, -0.05) is 12.5 Å². The number of carbonyl (C=O) groups is 1. The van der Waals surface area contributed by atoms with Crippen molar-refractivity contribution in [2.24, 2.45) is 5.92 Å². The minimum atomic E-state index is -4.81. The SMILES string of the molecule is O=C(NCCn1c(C(F)(F)F)cc(=O)c2cccc(F)c21)C1CCC1. The van der Waals surface area contributed by atoms with Crippen molar-refractivity contribution in [1.82, 2.24) is 9.88 Å². The summed E-state index contributed by atoms with van der Waals surface area (Å²) in [6.45, 7) is -0.365. The van der Waals surface area contributed by atoms with Crippen molar-refractivity contribution in [3.05, 3.63) is 46.0 Å². The Morgan fingerprint density at radius 2 is 2.00 bits per heavy atom. The molecule has 1 aliphatic carbocycles.